The maximum Gasteiger partial charge on any atom is 0.304 e. The molecule has 0 radical (unpaired) electrons. The molecule has 1 unspecified atom stereocenters. The Morgan fingerprint density at radius 2 is 2.26 bits per heavy atom. The Bertz CT molecular complexity index is 467. The van der Waals surface area contributed by atoms with E-state index in [0.717, 1.165) is 25.8 Å². The maximum absolute atomic E-state index is 13.9. The molecule has 1 N–H and O–H groups in total. The minimum absolute atomic E-state index is 0.00960. The molecule has 19 heavy (non-hydrogen) atoms. The predicted octanol–water partition coefficient (Wildman–Crippen LogP) is 3.31. The Labute approximate surface area is 117 Å². The molecule has 1 aromatic rings. The first-order valence-electron chi connectivity index (χ1n) is 6.46. The Kier molecular flexibility index (Phi) is 4.77. The first-order valence-corrected chi connectivity index (χ1v) is 6.84. The summed E-state index contributed by atoms with van der Waals surface area (Å²) >= 11 is 5.76. The number of halogens is 2. The zero-order chi connectivity index (χ0) is 13.8. The summed E-state index contributed by atoms with van der Waals surface area (Å²) in [7, 11) is 0. The van der Waals surface area contributed by atoms with Crippen molar-refractivity contribution in [1.29, 1.82) is 0 Å². The van der Waals surface area contributed by atoms with Crippen LogP contribution in [0.4, 0.5) is 4.39 Å². The number of carboxylic acid groups (broad SMARTS) is 1. The van der Waals surface area contributed by atoms with E-state index in [1.165, 1.54) is 6.07 Å². The fourth-order valence-electron chi connectivity index (χ4n) is 2.59. The van der Waals surface area contributed by atoms with Crippen molar-refractivity contribution in [2.75, 3.05) is 6.54 Å². The first-order chi connectivity index (χ1) is 9.08. The molecular formula is C14H17ClFNO2. The molecular weight excluding hydrogens is 269 g/mol. The smallest absolute Gasteiger partial charge is 0.304 e. The fraction of sp³-hybridized carbons (Fsp3) is 0.500. The van der Waals surface area contributed by atoms with Gasteiger partial charge in [-0.3, -0.25) is 9.69 Å². The highest BCUT2D eigenvalue weighted by molar-refractivity contribution is 6.30. The molecule has 0 spiro atoms. The summed E-state index contributed by atoms with van der Waals surface area (Å²) in [5.74, 6) is -1.20. The van der Waals surface area contributed by atoms with Crippen molar-refractivity contribution in [3.63, 3.8) is 0 Å². The van der Waals surface area contributed by atoms with Gasteiger partial charge in [0.25, 0.3) is 0 Å². The minimum Gasteiger partial charge on any atom is -0.481 e. The molecule has 1 fully saturated rings. The Morgan fingerprint density at radius 3 is 3.00 bits per heavy atom. The lowest BCUT2D eigenvalue weighted by atomic mass is 9.98. The van der Waals surface area contributed by atoms with Gasteiger partial charge in [0.05, 0.1) is 11.4 Å². The SMILES string of the molecule is O=C(O)CC1CCCCN1Cc1cccc(Cl)c1F. The van der Waals surface area contributed by atoms with Gasteiger partial charge in [0, 0.05) is 18.2 Å². The van der Waals surface area contributed by atoms with Crippen LogP contribution in [0.5, 0.6) is 0 Å². The largest absolute Gasteiger partial charge is 0.481 e. The second-order valence-electron chi connectivity index (χ2n) is 4.93. The highest BCUT2D eigenvalue weighted by atomic mass is 35.5. The van der Waals surface area contributed by atoms with E-state index in [-0.39, 0.29) is 17.5 Å². The number of hydrogen-bond acceptors (Lipinski definition) is 2. The first kappa shape index (κ1) is 14.3. The molecule has 0 bridgehead atoms. The molecule has 0 saturated carbocycles. The molecule has 2 rings (SSSR count). The molecule has 1 aliphatic rings. The summed E-state index contributed by atoms with van der Waals surface area (Å²) in [6.07, 6.45) is 3.03. The molecule has 1 saturated heterocycles. The molecule has 3 nitrogen and oxygen atoms in total. The lowest BCUT2D eigenvalue weighted by Gasteiger charge is -2.35. The van der Waals surface area contributed by atoms with E-state index in [1.54, 1.807) is 12.1 Å². The van der Waals surface area contributed by atoms with E-state index in [9.17, 15) is 9.18 Å². The Hall–Kier alpha value is -1.13. The average molecular weight is 286 g/mol. The maximum atomic E-state index is 13.9. The van der Waals surface area contributed by atoms with Gasteiger partial charge in [-0.25, -0.2) is 4.39 Å². The summed E-state index contributed by atoms with van der Waals surface area (Å²) in [6, 6.07) is 4.93. The number of aliphatic carboxylic acids is 1. The van der Waals surface area contributed by atoms with Crippen LogP contribution in [0.2, 0.25) is 5.02 Å². The third kappa shape index (κ3) is 3.67. The summed E-state index contributed by atoms with van der Waals surface area (Å²) in [5, 5.41) is 9.04. The van der Waals surface area contributed by atoms with Gasteiger partial charge in [-0.1, -0.05) is 30.2 Å². The second-order valence-corrected chi connectivity index (χ2v) is 5.34. The number of piperidine rings is 1. The van der Waals surface area contributed by atoms with Gasteiger partial charge in [-0.2, -0.15) is 0 Å². The lowest BCUT2D eigenvalue weighted by molar-refractivity contribution is -0.138. The quantitative estimate of drug-likeness (QED) is 0.923. The van der Waals surface area contributed by atoms with Crippen molar-refractivity contribution >= 4 is 17.6 Å². The monoisotopic (exact) mass is 285 g/mol. The molecule has 1 atom stereocenters. The summed E-state index contributed by atoms with van der Waals surface area (Å²) < 4.78 is 13.9. The summed E-state index contributed by atoms with van der Waals surface area (Å²) in [5.41, 5.74) is 0.532. The van der Waals surface area contributed by atoms with Crippen molar-refractivity contribution in [2.45, 2.75) is 38.3 Å². The molecule has 5 heteroatoms. The summed E-state index contributed by atoms with van der Waals surface area (Å²) in [4.78, 5) is 12.9. The normalized spacial score (nSPS) is 20.4. The minimum atomic E-state index is -0.802. The third-order valence-corrected chi connectivity index (χ3v) is 3.86. The van der Waals surface area contributed by atoms with Crippen LogP contribution in [0.15, 0.2) is 18.2 Å². The van der Waals surface area contributed by atoms with E-state index >= 15 is 0 Å². The van der Waals surface area contributed by atoms with Gasteiger partial charge in [0.1, 0.15) is 5.82 Å². The van der Waals surface area contributed by atoms with Crippen LogP contribution in [0.1, 0.15) is 31.2 Å². The van der Waals surface area contributed by atoms with Crippen LogP contribution in [0, 0.1) is 5.82 Å². The molecule has 104 valence electrons. The van der Waals surface area contributed by atoms with Crippen molar-refractivity contribution < 1.29 is 14.3 Å². The van der Waals surface area contributed by atoms with E-state index in [2.05, 4.69) is 0 Å². The van der Waals surface area contributed by atoms with Gasteiger partial charge in [-0.05, 0) is 25.5 Å². The molecule has 1 aromatic carbocycles. The number of rotatable bonds is 4. The fourth-order valence-corrected chi connectivity index (χ4v) is 2.78. The van der Waals surface area contributed by atoms with Crippen LogP contribution in [-0.2, 0) is 11.3 Å². The molecule has 1 heterocycles. The van der Waals surface area contributed by atoms with Gasteiger partial charge >= 0.3 is 5.97 Å². The van der Waals surface area contributed by atoms with Crippen LogP contribution < -0.4 is 0 Å². The standard InChI is InChI=1S/C14H17ClFNO2/c15-12-6-3-4-10(14(12)16)9-17-7-2-1-5-11(17)8-13(18)19/h3-4,6,11H,1-2,5,7-9H2,(H,18,19). The highest BCUT2D eigenvalue weighted by Crippen LogP contribution is 2.25. The number of carboxylic acids is 1. The van der Waals surface area contributed by atoms with E-state index in [1.807, 2.05) is 4.90 Å². The van der Waals surface area contributed by atoms with Crippen molar-refractivity contribution in [1.82, 2.24) is 4.90 Å². The van der Waals surface area contributed by atoms with E-state index in [0.29, 0.717) is 12.1 Å². The van der Waals surface area contributed by atoms with E-state index in [4.69, 9.17) is 16.7 Å². The predicted molar refractivity (Wildman–Crippen MR) is 71.7 cm³/mol. The topological polar surface area (TPSA) is 40.5 Å². The Morgan fingerprint density at radius 1 is 1.47 bits per heavy atom. The van der Waals surface area contributed by atoms with Crippen molar-refractivity contribution in [3.8, 4) is 0 Å². The zero-order valence-corrected chi connectivity index (χ0v) is 11.4. The lowest BCUT2D eigenvalue weighted by Crippen LogP contribution is -2.40. The van der Waals surface area contributed by atoms with Gasteiger partial charge in [0.15, 0.2) is 0 Å². The molecule has 0 aliphatic carbocycles. The third-order valence-electron chi connectivity index (χ3n) is 3.56. The number of nitrogens with zero attached hydrogens (tertiary/aromatic N) is 1. The zero-order valence-electron chi connectivity index (χ0n) is 10.6. The van der Waals surface area contributed by atoms with Crippen LogP contribution in [0.25, 0.3) is 0 Å². The van der Waals surface area contributed by atoms with Crippen LogP contribution in [-0.4, -0.2) is 28.6 Å². The van der Waals surface area contributed by atoms with Crippen LogP contribution in [0.3, 0.4) is 0 Å². The molecule has 0 amide bonds. The van der Waals surface area contributed by atoms with Crippen molar-refractivity contribution in [2.24, 2.45) is 0 Å². The van der Waals surface area contributed by atoms with Crippen molar-refractivity contribution in [3.05, 3.63) is 34.6 Å². The second kappa shape index (κ2) is 6.35. The van der Waals surface area contributed by atoms with E-state index < -0.39 is 11.8 Å². The number of likely N-dealkylation sites (tertiary alicyclic amines) is 1. The molecule has 0 aromatic heterocycles. The van der Waals surface area contributed by atoms with Gasteiger partial charge in [-0.15, -0.1) is 0 Å². The average Bonchev–Trinajstić information content (AvgIpc) is 2.36. The number of benzene rings is 1. The number of carbonyl (C=O) groups is 1. The highest BCUT2D eigenvalue weighted by Gasteiger charge is 2.25. The van der Waals surface area contributed by atoms with Gasteiger partial charge in [0.2, 0.25) is 0 Å². The molecule has 1 aliphatic heterocycles. The summed E-state index contributed by atoms with van der Waals surface area (Å²) in [6.45, 7) is 1.23. The Balaban J connectivity index is 2.10. The van der Waals surface area contributed by atoms with Gasteiger partial charge < -0.3 is 5.11 Å². The van der Waals surface area contributed by atoms with Crippen LogP contribution >= 0.6 is 11.6 Å². The number of hydrogen-bond donors (Lipinski definition) is 1.